The summed E-state index contributed by atoms with van der Waals surface area (Å²) in [6, 6.07) is 11.6. The second-order valence-corrected chi connectivity index (χ2v) is 7.33. The quantitative estimate of drug-likeness (QED) is 0.621. The standard InChI is InChI=1S/C22H20ClN3O4/c23-18-13-15(22(28)26-10-2-1-3-11-26)14-24-21(18)30-17-8-6-16(7-9-17)25-20(27)19-5-4-12-29-19/h4-9,12-14H,1-3,10-11H2,(H,25,27). The zero-order chi connectivity index (χ0) is 20.9. The Labute approximate surface area is 178 Å². The van der Waals surface area contributed by atoms with E-state index in [0.717, 1.165) is 32.4 Å². The number of halogens is 1. The highest BCUT2D eigenvalue weighted by atomic mass is 35.5. The topological polar surface area (TPSA) is 84.7 Å². The molecule has 8 heteroatoms. The van der Waals surface area contributed by atoms with Crippen LogP contribution in [0.25, 0.3) is 0 Å². The molecule has 1 aliphatic heterocycles. The number of anilines is 1. The minimum Gasteiger partial charge on any atom is -0.459 e. The number of piperidine rings is 1. The number of carbonyl (C=O) groups excluding carboxylic acids is 2. The van der Waals surface area contributed by atoms with Crippen molar-refractivity contribution in [2.75, 3.05) is 18.4 Å². The summed E-state index contributed by atoms with van der Waals surface area (Å²) in [6.07, 6.45) is 6.11. The first-order chi connectivity index (χ1) is 14.6. The molecule has 1 aromatic carbocycles. The largest absolute Gasteiger partial charge is 0.459 e. The van der Waals surface area contributed by atoms with Crippen LogP contribution < -0.4 is 10.1 Å². The van der Waals surface area contributed by atoms with Gasteiger partial charge in [-0.05, 0) is 61.7 Å². The average Bonchev–Trinajstić information content (AvgIpc) is 3.32. The van der Waals surface area contributed by atoms with Crippen LogP contribution in [0.1, 0.15) is 40.2 Å². The summed E-state index contributed by atoms with van der Waals surface area (Å²) < 4.78 is 10.8. The maximum Gasteiger partial charge on any atom is 0.291 e. The molecule has 0 saturated carbocycles. The number of likely N-dealkylation sites (tertiary alicyclic amines) is 1. The molecule has 0 spiro atoms. The van der Waals surface area contributed by atoms with Crippen molar-refractivity contribution >= 4 is 29.1 Å². The Bertz CT molecular complexity index is 1030. The summed E-state index contributed by atoms with van der Waals surface area (Å²) >= 11 is 6.29. The lowest BCUT2D eigenvalue weighted by atomic mass is 10.1. The molecule has 3 aromatic rings. The number of aromatic nitrogens is 1. The van der Waals surface area contributed by atoms with Crippen LogP contribution in [-0.4, -0.2) is 34.8 Å². The van der Waals surface area contributed by atoms with E-state index in [2.05, 4.69) is 10.3 Å². The molecule has 3 heterocycles. The second-order valence-electron chi connectivity index (χ2n) is 6.92. The lowest BCUT2D eigenvalue weighted by Gasteiger charge is -2.26. The van der Waals surface area contributed by atoms with E-state index in [9.17, 15) is 9.59 Å². The van der Waals surface area contributed by atoms with Crippen LogP contribution in [0, 0.1) is 0 Å². The van der Waals surface area contributed by atoms with Crippen molar-refractivity contribution in [2.24, 2.45) is 0 Å². The summed E-state index contributed by atoms with van der Waals surface area (Å²) in [5.41, 5.74) is 1.04. The van der Waals surface area contributed by atoms with Crippen LogP contribution in [0.2, 0.25) is 5.02 Å². The van der Waals surface area contributed by atoms with Crippen molar-refractivity contribution in [2.45, 2.75) is 19.3 Å². The molecule has 2 amide bonds. The van der Waals surface area contributed by atoms with E-state index >= 15 is 0 Å². The number of pyridine rings is 1. The molecule has 0 aliphatic carbocycles. The Kier molecular flexibility index (Phi) is 5.99. The van der Waals surface area contributed by atoms with Gasteiger partial charge < -0.3 is 19.4 Å². The molecule has 1 fully saturated rings. The predicted molar refractivity (Wildman–Crippen MR) is 112 cm³/mol. The number of carbonyl (C=O) groups is 2. The maximum absolute atomic E-state index is 12.6. The summed E-state index contributed by atoms with van der Waals surface area (Å²) in [7, 11) is 0. The van der Waals surface area contributed by atoms with Crippen molar-refractivity contribution in [1.29, 1.82) is 0 Å². The molecule has 0 unspecified atom stereocenters. The van der Waals surface area contributed by atoms with Gasteiger partial charge in [0.2, 0.25) is 5.88 Å². The van der Waals surface area contributed by atoms with Crippen molar-refractivity contribution in [3.05, 3.63) is 71.3 Å². The number of hydrogen-bond donors (Lipinski definition) is 1. The number of nitrogens with one attached hydrogen (secondary N) is 1. The summed E-state index contributed by atoms with van der Waals surface area (Å²) in [5.74, 6) is 0.528. The van der Waals surface area contributed by atoms with Gasteiger partial charge in [0.25, 0.3) is 11.8 Å². The van der Waals surface area contributed by atoms with Gasteiger partial charge in [0.15, 0.2) is 5.76 Å². The number of benzene rings is 1. The van der Waals surface area contributed by atoms with E-state index in [1.807, 2.05) is 4.90 Å². The van der Waals surface area contributed by atoms with E-state index in [4.69, 9.17) is 20.8 Å². The van der Waals surface area contributed by atoms with E-state index in [1.165, 1.54) is 12.5 Å². The van der Waals surface area contributed by atoms with Gasteiger partial charge in [-0.2, -0.15) is 0 Å². The summed E-state index contributed by atoms with van der Waals surface area (Å²) in [4.78, 5) is 30.6. The molecule has 1 N–H and O–H groups in total. The number of furan rings is 1. The van der Waals surface area contributed by atoms with Crippen LogP contribution in [-0.2, 0) is 0 Å². The first kappa shape index (κ1) is 20.0. The third-order valence-corrected chi connectivity index (χ3v) is 5.04. The molecule has 0 bridgehead atoms. The van der Waals surface area contributed by atoms with Crippen molar-refractivity contribution in [1.82, 2.24) is 9.88 Å². The Morgan fingerprint density at radius 2 is 1.87 bits per heavy atom. The van der Waals surface area contributed by atoms with Crippen LogP contribution >= 0.6 is 11.6 Å². The lowest BCUT2D eigenvalue weighted by Crippen LogP contribution is -2.35. The van der Waals surface area contributed by atoms with Crippen LogP contribution in [0.3, 0.4) is 0 Å². The van der Waals surface area contributed by atoms with Crippen molar-refractivity contribution < 1.29 is 18.7 Å². The summed E-state index contributed by atoms with van der Waals surface area (Å²) in [5, 5.41) is 2.98. The molecular weight excluding hydrogens is 406 g/mol. The monoisotopic (exact) mass is 425 g/mol. The fraction of sp³-hybridized carbons (Fsp3) is 0.227. The molecule has 4 rings (SSSR count). The molecule has 1 aliphatic rings. The summed E-state index contributed by atoms with van der Waals surface area (Å²) in [6.45, 7) is 1.52. The highest BCUT2D eigenvalue weighted by Crippen LogP contribution is 2.29. The highest BCUT2D eigenvalue weighted by Gasteiger charge is 2.20. The molecule has 2 aromatic heterocycles. The first-order valence-corrected chi connectivity index (χ1v) is 10.1. The lowest BCUT2D eigenvalue weighted by molar-refractivity contribution is 0.0723. The zero-order valence-electron chi connectivity index (χ0n) is 16.1. The van der Waals surface area contributed by atoms with Crippen molar-refractivity contribution in [3.63, 3.8) is 0 Å². The van der Waals surface area contributed by atoms with Gasteiger partial charge in [-0.15, -0.1) is 0 Å². The number of ether oxygens (including phenoxy) is 1. The number of rotatable bonds is 5. The first-order valence-electron chi connectivity index (χ1n) is 9.68. The maximum atomic E-state index is 12.6. The Morgan fingerprint density at radius 1 is 1.10 bits per heavy atom. The normalized spacial score (nSPS) is 13.7. The van der Waals surface area contributed by atoms with Gasteiger partial charge in [-0.25, -0.2) is 4.98 Å². The molecule has 30 heavy (non-hydrogen) atoms. The van der Waals surface area contributed by atoms with Gasteiger partial charge >= 0.3 is 0 Å². The van der Waals surface area contributed by atoms with Gasteiger partial charge in [-0.3, -0.25) is 9.59 Å². The fourth-order valence-electron chi connectivity index (χ4n) is 3.22. The molecule has 0 atom stereocenters. The number of hydrogen-bond acceptors (Lipinski definition) is 5. The SMILES string of the molecule is O=C(Nc1ccc(Oc2ncc(C(=O)N3CCCCC3)cc2Cl)cc1)c1ccco1. The zero-order valence-corrected chi connectivity index (χ0v) is 16.9. The van der Waals surface area contributed by atoms with E-state index in [1.54, 1.807) is 42.5 Å². The average molecular weight is 426 g/mol. The second kappa shape index (κ2) is 9.00. The Balaban J connectivity index is 1.40. The Hall–Kier alpha value is -3.32. The van der Waals surface area contributed by atoms with Crippen LogP contribution in [0.4, 0.5) is 5.69 Å². The smallest absolute Gasteiger partial charge is 0.291 e. The fourth-order valence-corrected chi connectivity index (χ4v) is 3.42. The third-order valence-electron chi connectivity index (χ3n) is 4.77. The molecule has 1 saturated heterocycles. The highest BCUT2D eigenvalue weighted by molar-refractivity contribution is 6.32. The van der Waals surface area contributed by atoms with Gasteiger partial charge in [0, 0.05) is 25.0 Å². The molecular formula is C22H20ClN3O4. The minimum absolute atomic E-state index is 0.0627. The van der Waals surface area contributed by atoms with Gasteiger partial charge in [-0.1, -0.05) is 11.6 Å². The van der Waals surface area contributed by atoms with Crippen LogP contribution in [0.15, 0.2) is 59.3 Å². The molecule has 7 nitrogen and oxygen atoms in total. The Morgan fingerprint density at radius 3 is 2.53 bits per heavy atom. The number of nitrogens with zero attached hydrogens (tertiary/aromatic N) is 2. The number of amides is 2. The van der Waals surface area contributed by atoms with Crippen LogP contribution in [0.5, 0.6) is 11.6 Å². The molecule has 154 valence electrons. The van der Waals surface area contributed by atoms with Crippen molar-refractivity contribution in [3.8, 4) is 11.6 Å². The minimum atomic E-state index is -0.340. The van der Waals surface area contributed by atoms with E-state index < -0.39 is 0 Å². The third kappa shape index (κ3) is 4.63. The molecule has 0 radical (unpaired) electrons. The van der Waals surface area contributed by atoms with E-state index in [0.29, 0.717) is 17.0 Å². The van der Waals surface area contributed by atoms with Gasteiger partial charge in [0.05, 0.1) is 11.8 Å². The predicted octanol–water partition coefficient (Wildman–Crippen LogP) is 5.00. The van der Waals surface area contributed by atoms with Gasteiger partial charge in [0.1, 0.15) is 10.8 Å². The van der Waals surface area contributed by atoms with E-state index in [-0.39, 0.29) is 28.5 Å².